The van der Waals surface area contributed by atoms with Crippen LogP contribution in [0.3, 0.4) is 0 Å². The summed E-state index contributed by atoms with van der Waals surface area (Å²) < 4.78 is 1.00. The van der Waals surface area contributed by atoms with Gasteiger partial charge < -0.3 is 10.0 Å². The van der Waals surface area contributed by atoms with Crippen LogP contribution in [0.25, 0.3) is 0 Å². The summed E-state index contributed by atoms with van der Waals surface area (Å²) in [7, 11) is 0. The van der Waals surface area contributed by atoms with Gasteiger partial charge in [-0.05, 0) is 60.6 Å². The van der Waals surface area contributed by atoms with Crippen LogP contribution in [0.1, 0.15) is 30.1 Å². The average Bonchev–Trinajstić information content (AvgIpc) is 2.38. The van der Waals surface area contributed by atoms with E-state index in [4.69, 9.17) is 0 Å². The Balaban J connectivity index is 2.18. The molecule has 0 aliphatic carbocycles. The van der Waals surface area contributed by atoms with Crippen LogP contribution in [0.15, 0.2) is 24.3 Å². The molecule has 1 amide bonds. The van der Waals surface area contributed by atoms with Gasteiger partial charge in [0.05, 0.1) is 5.41 Å². The van der Waals surface area contributed by atoms with Gasteiger partial charge in [0.25, 0.3) is 5.91 Å². The van der Waals surface area contributed by atoms with Gasteiger partial charge in [-0.25, -0.2) is 0 Å². The zero-order valence-electron chi connectivity index (χ0n) is 10.7. The van der Waals surface area contributed by atoms with E-state index in [0.29, 0.717) is 18.5 Å². The zero-order valence-corrected chi connectivity index (χ0v) is 12.9. The predicted octanol–water partition coefficient (Wildman–Crippen LogP) is 2.62. The number of rotatable bonds is 2. The summed E-state index contributed by atoms with van der Waals surface area (Å²) in [6.07, 6.45) is 1.36. The number of piperidine rings is 1. The van der Waals surface area contributed by atoms with E-state index < -0.39 is 11.4 Å². The molecule has 1 heterocycles. The van der Waals surface area contributed by atoms with E-state index in [9.17, 15) is 14.7 Å². The molecule has 0 radical (unpaired) electrons. The van der Waals surface area contributed by atoms with Gasteiger partial charge in [0.15, 0.2) is 0 Å². The molecule has 19 heavy (non-hydrogen) atoms. The Labute approximate surface area is 125 Å². The second kappa shape index (κ2) is 5.48. The summed E-state index contributed by atoms with van der Waals surface area (Å²) in [6, 6.07) is 7.37. The highest BCUT2D eigenvalue weighted by Gasteiger charge is 2.39. The highest BCUT2D eigenvalue weighted by molar-refractivity contribution is 14.1. The predicted molar refractivity (Wildman–Crippen MR) is 80.0 cm³/mol. The Morgan fingerprint density at radius 1 is 1.42 bits per heavy atom. The summed E-state index contributed by atoms with van der Waals surface area (Å²) in [4.78, 5) is 25.3. The van der Waals surface area contributed by atoms with Crippen LogP contribution in [0.4, 0.5) is 0 Å². The first kappa shape index (κ1) is 14.3. The zero-order chi connectivity index (χ0) is 14.0. The molecule has 1 aromatic rings. The van der Waals surface area contributed by atoms with Crippen molar-refractivity contribution >= 4 is 34.5 Å². The Bertz CT molecular complexity index is 517. The first-order chi connectivity index (χ1) is 8.92. The van der Waals surface area contributed by atoms with E-state index in [0.717, 1.165) is 9.99 Å². The molecule has 5 heteroatoms. The maximum atomic E-state index is 12.4. The van der Waals surface area contributed by atoms with Crippen LogP contribution < -0.4 is 0 Å². The van der Waals surface area contributed by atoms with E-state index in [-0.39, 0.29) is 12.5 Å². The molecule has 0 bridgehead atoms. The lowest BCUT2D eigenvalue weighted by molar-refractivity contribution is -0.150. The van der Waals surface area contributed by atoms with Crippen molar-refractivity contribution in [2.45, 2.75) is 19.8 Å². The van der Waals surface area contributed by atoms with E-state index in [1.165, 1.54) is 0 Å². The van der Waals surface area contributed by atoms with Gasteiger partial charge in [-0.3, -0.25) is 9.59 Å². The number of hydrogen-bond donors (Lipinski definition) is 1. The smallest absolute Gasteiger partial charge is 0.311 e. The normalized spacial score (nSPS) is 23.2. The second-order valence-corrected chi connectivity index (χ2v) is 6.45. The summed E-state index contributed by atoms with van der Waals surface area (Å²) in [5.74, 6) is -0.904. The van der Waals surface area contributed by atoms with Crippen LogP contribution in [0.2, 0.25) is 0 Å². The lowest BCUT2D eigenvalue weighted by Crippen LogP contribution is -2.48. The molecule has 0 spiro atoms. The molecule has 1 saturated heterocycles. The minimum atomic E-state index is -0.826. The van der Waals surface area contributed by atoms with Crippen molar-refractivity contribution in [3.63, 3.8) is 0 Å². The molecular weight excluding hydrogens is 357 g/mol. The number of carboxylic acids is 1. The lowest BCUT2D eigenvalue weighted by Gasteiger charge is -2.37. The quantitative estimate of drug-likeness (QED) is 0.811. The lowest BCUT2D eigenvalue weighted by atomic mass is 9.82. The van der Waals surface area contributed by atoms with Gasteiger partial charge >= 0.3 is 5.97 Å². The second-order valence-electron chi connectivity index (χ2n) is 5.21. The number of carbonyl (C=O) groups excluding carboxylic acids is 1. The molecule has 1 aliphatic rings. The molecule has 1 N–H and O–H groups in total. The first-order valence-electron chi connectivity index (χ1n) is 6.21. The third kappa shape index (κ3) is 3.08. The molecule has 1 unspecified atom stereocenters. The molecule has 1 fully saturated rings. The summed E-state index contributed by atoms with van der Waals surface area (Å²) in [5.41, 5.74) is -0.197. The summed E-state index contributed by atoms with van der Waals surface area (Å²) >= 11 is 2.16. The fourth-order valence-electron chi connectivity index (χ4n) is 2.39. The average molecular weight is 373 g/mol. The number of hydrogen-bond acceptors (Lipinski definition) is 2. The molecular formula is C14H16INO3. The molecule has 4 nitrogen and oxygen atoms in total. The van der Waals surface area contributed by atoms with Gasteiger partial charge in [-0.2, -0.15) is 0 Å². The summed E-state index contributed by atoms with van der Waals surface area (Å²) in [6.45, 7) is 2.63. The maximum Gasteiger partial charge on any atom is 0.311 e. The topological polar surface area (TPSA) is 57.6 Å². The van der Waals surface area contributed by atoms with Crippen LogP contribution in [-0.2, 0) is 4.79 Å². The molecule has 1 aliphatic heterocycles. The fourth-order valence-corrected chi connectivity index (χ4v) is 2.93. The van der Waals surface area contributed by atoms with Crippen LogP contribution in [0.5, 0.6) is 0 Å². The Kier molecular flexibility index (Phi) is 4.13. The highest BCUT2D eigenvalue weighted by Crippen LogP contribution is 2.30. The van der Waals surface area contributed by atoms with Gasteiger partial charge in [-0.15, -0.1) is 0 Å². The Morgan fingerprint density at radius 3 is 2.79 bits per heavy atom. The Morgan fingerprint density at radius 2 is 2.16 bits per heavy atom. The number of carboxylic acid groups (broad SMARTS) is 1. The number of amides is 1. The maximum absolute atomic E-state index is 12.4. The van der Waals surface area contributed by atoms with Crippen molar-refractivity contribution in [3.8, 4) is 0 Å². The molecule has 1 aromatic carbocycles. The van der Waals surface area contributed by atoms with Gasteiger partial charge in [0.2, 0.25) is 0 Å². The summed E-state index contributed by atoms with van der Waals surface area (Å²) in [5, 5.41) is 9.27. The van der Waals surface area contributed by atoms with Crippen LogP contribution in [-0.4, -0.2) is 35.0 Å². The van der Waals surface area contributed by atoms with Crippen molar-refractivity contribution < 1.29 is 14.7 Å². The van der Waals surface area contributed by atoms with Crippen LogP contribution in [0, 0.1) is 8.99 Å². The molecule has 0 saturated carbocycles. The minimum Gasteiger partial charge on any atom is -0.481 e. The van der Waals surface area contributed by atoms with E-state index in [1.807, 2.05) is 18.2 Å². The largest absolute Gasteiger partial charge is 0.481 e. The van der Waals surface area contributed by atoms with Crippen molar-refractivity contribution in [2.24, 2.45) is 5.41 Å². The highest BCUT2D eigenvalue weighted by atomic mass is 127. The fraction of sp³-hybridized carbons (Fsp3) is 0.429. The third-order valence-corrected chi connectivity index (χ3v) is 4.24. The number of nitrogens with zero attached hydrogens (tertiary/aromatic N) is 1. The molecule has 1 atom stereocenters. The minimum absolute atomic E-state index is 0.0781. The van der Waals surface area contributed by atoms with Crippen molar-refractivity contribution in [3.05, 3.63) is 33.4 Å². The van der Waals surface area contributed by atoms with Gasteiger partial charge in [0, 0.05) is 22.2 Å². The monoisotopic (exact) mass is 373 g/mol. The van der Waals surface area contributed by atoms with Crippen molar-refractivity contribution in [1.29, 1.82) is 0 Å². The SMILES string of the molecule is CC1(C(=O)O)CCCN(C(=O)c2cccc(I)c2)C1. The van der Waals surface area contributed by atoms with Gasteiger partial charge in [-0.1, -0.05) is 6.07 Å². The molecule has 2 rings (SSSR count). The van der Waals surface area contributed by atoms with Gasteiger partial charge in [0.1, 0.15) is 0 Å². The number of benzene rings is 1. The Hall–Kier alpha value is -1.11. The third-order valence-electron chi connectivity index (χ3n) is 3.57. The molecule has 102 valence electrons. The molecule has 0 aromatic heterocycles. The van der Waals surface area contributed by atoms with Crippen LogP contribution >= 0.6 is 22.6 Å². The first-order valence-corrected chi connectivity index (χ1v) is 7.28. The standard InChI is InChI=1S/C14H16INO3/c1-14(13(18)19)6-3-7-16(9-14)12(17)10-4-2-5-11(15)8-10/h2,4-5,8H,3,6-7,9H2,1H3,(H,18,19). The van der Waals surface area contributed by atoms with Crippen molar-refractivity contribution in [1.82, 2.24) is 4.90 Å². The van der Waals surface area contributed by atoms with E-state index in [2.05, 4.69) is 22.6 Å². The number of carbonyl (C=O) groups is 2. The van der Waals surface area contributed by atoms with Crippen molar-refractivity contribution in [2.75, 3.05) is 13.1 Å². The number of likely N-dealkylation sites (tertiary alicyclic amines) is 1. The van der Waals surface area contributed by atoms with E-state index >= 15 is 0 Å². The number of aliphatic carboxylic acids is 1. The van der Waals surface area contributed by atoms with E-state index in [1.54, 1.807) is 17.9 Å². The number of halogens is 1.